The Hall–Kier alpha value is -2.88. The van der Waals surface area contributed by atoms with E-state index in [-0.39, 0.29) is 18.1 Å². The SMILES string of the molecule is COc1ccc(CN(Cc2ccc(OC)cc2)S(=O)(=O)c2cc(C(C)O)n(C)n2)cc1. The second-order valence-electron chi connectivity index (χ2n) is 7.18. The van der Waals surface area contributed by atoms with Crippen LogP contribution >= 0.6 is 0 Å². The minimum absolute atomic E-state index is 0.104. The number of hydrogen-bond donors (Lipinski definition) is 1. The Bertz CT molecular complexity index is 1060. The number of aliphatic hydroxyl groups excluding tert-OH is 1. The largest absolute Gasteiger partial charge is 0.497 e. The quantitative estimate of drug-likeness (QED) is 0.544. The summed E-state index contributed by atoms with van der Waals surface area (Å²) in [6.45, 7) is 1.87. The van der Waals surface area contributed by atoms with E-state index in [9.17, 15) is 13.5 Å². The average molecular weight is 446 g/mol. The van der Waals surface area contributed by atoms with Gasteiger partial charge < -0.3 is 14.6 Å². The highest BCUT2D eigenvalue weighted by Gasteiger charge is 2.29. The summed E-state index contributed by atoms with van der Waals surface area (Å²) in [5.74, 6) is 1.39. The Labute approximate surface area is 182 Å². The molecular weight excluding hydrogens is 418 g/mol. The van der Waals surface area contributed by atoms with Gasteiger partial charge in [0.25, 0.3) is 10.0 Å². The molecule has 31 heavy (non-hydrogen) atoms. The number of aryl methyl sites for hydroxylation is 1. The molecule has 3 rings (SSSR count). The summed E-state index contributed by atoms with van der Waals surface area (Å²) >= 11 is 0. The van der Waals surface area contributed by atoms with Crippen LogP contribution in [-0.2, 0) is 30.2 Å². The van der Waals surface area contributed by atoms with E-state index in [2.05, 4.69) is 5.10 Å². The molecule has 0 aliphatic rings. The van der Waals surface area contributed by atoms with Crippen LogP contribution in [-0.4, -0.2) is 41.8 Å². The van der Waals surface area contributed by atoms with Crippen LogP contribution in [0, 0.1) is 0 Å². The van der Waals surface area contributed by atoms with Gasteiger partial charge in [-0.2, -0.15) is 9.40 Å². The first kappa shape index (κ1) is 22.8. The van der Waals surface area contributed by atoms with Gasteiger partial charge in [-0.25, -0.2) is 8.42 Å². The molecule has 0 saturated carbocycles. The van der Waals surface area contributed by atoms with Crippen molar-refractivity contribution in [3.8, 4) is 11.5 Å². The first-order valence-electron chi connectivity index (χ1n) is 9.72. The molecule has 166 valence electrons. The summed E-state index contributed by atoms with van der Waals surface area (Å²) in [5.41, 5.74) is 2.04. The molecule has 1 unspecified atom stereocenters. The lowest BCUT2D eigenvalue weighted by atomic mass is 10.2. The zero-order valence-corrected chi connectivity index (χ0v) is 18.8. The molecule has 1 atom stereocenters. The van der Waals surface area contributed by atoms with Crippen LogP contribution in [0.2, 0.25) is 0 Å². The second-order valence-corrected chi connectivity index (χ2v) is 9.06. The third-order valence-electron chi connectivity index (χ3n) is 4.96. The number of nitrogens with zero attached hydrogens (tertiary/aromatic N) is 3. The molecule has 0 spiro atoms. The van der Waals surface area contributed by atoms with Gasteiger partial charge in [0.05, 0.1) is 26.0 Å². The van der Waals surface area contributed by atoms with Gasteiger partial charge in [-0.05, 0) is 42.3 Å². The molecule has 8 nitrogen and oxygen atoms in total. The van der Waals surface area contributed by atoms with Crippen molar-refractivity contribution in [1.29, 1.82) is 0 Å². The van der Waals surface area contributed by atoms with E-state index in [0.29, 0.717) is 17.2 Å². The molecule has 1 heterocycles. The molecule has 0 bridgehead atoms. The summed E-state index contributed by atoms with van der Waals surface area (Å²) in [6, 6.07) is 15.9. The number of benzene rings is 2. The van der Waals surface area contributed by atoms with Crippen LogP contribution in [0.15, 0.2) is 59.6 Å². The van der Waals surface area contributed by atoms with Gasteiger partial charge >= 0.3 is 0 Å². The Morgan fingerprint density at radius 1 is 0.968 bits per heavy atom. The lowest BCUT2D eigenvalue weighted by molar-refractivity contribution is 0.189. The summed E-state index contributed by atoms with van der Waals surface area (Å²) in [7, 11) is 0.832. The van der Waals surface area contributed by atoms with Crippen molar-refractivity contribution >= 4 is 10.0 Å². The van der Waals surface area contributed by atoms with Crippen LogP contribution in [0.25, 0.3) is 0 Å². The number of aromatic nitrogens is 2. The van der Waals surface area contributed by atoms with Crippen molar-refractivity contribution < 1.29 is 23.0 Å². The van der Waals surface area contributed by atoms with E-state index in [0.717, 1.165) is 11.1 Å². The Balaban J connectivity index is 1.97. The second kappa shape index (κ2) is 9.51. The zero-order valence-electron chi connectivity index (χ0n) is 18.0. The molecule has 1 N–H and O–H groups in total. The molecular formula is C22H27N3O5S. The summed E-state index contributed by atoms with van der Waals surface area (Å²) in [6.07, 6.45) is -0.835. The van der Waals surface area contributed by atoms with Gasteiger partial charge in [0.2, 0.25) is 0 Å². The molecule has 3 aromatic rings. The molecule has 0 radical (unpaired) electrons. The Morgan fingerprint density at radius 2 is 1.42 bits per heavy atom. The highest BCUT2D eigenvalue weighted by Crippen LogP contribution is 2.24. The number of hydrogen-bond acceptors (Lipinski definition) is 6. The minimum atomic E-state index is -3.94. The number of aliphatic hydroxyl groups is 1. The van der Waals surface area contributed by atoms with Gasteiger partial charge in [-0.1, -0.05) is 24.3 Å². The minimum Gasteiger partial charge on any atom is -0.497 e. The smallest absolute Gasteiger partial charge is 0.263 e. The highest BCUT2D eigenvalue weighted by molar-refractivity contribution is 7.89. The zero-order chi connectivity index (χ0) is 22.6. The van der Waals surface area contributed by atoms with E-state index in [4.69, 9.17) is 9.47 Å². The lowest BCUT2D eigenvalue weighted by Crippen LogP contribution is -2.30. The Morgan fingerprint density at radius 3 is 1.77 bits per heavy atom. The normalized spacial score (nSPS) is 12.7. The number of methoxy groups -OCH3 is 2. The summed E-state index contributed by atoms with van der Waals surface area (Å²) in [5, 5.41) is 13.9. The molecule has 0 fully saturated rings. The van der Waals surface area contributed by atoms with Gasteiger partial charge in [0, 0.05) is 26.2 Å². The van der Waals surface area contributed by atoms with E-state index in [1.54, 1.807) is 52.5 Å². The molecule has 0 amide bonds. The van der Waals surface area contributed by atoms with Crippen molar-refractivity contribution in [3.05, 3.63) is 71.4 Å². The van der Waals surface area contributed by atoms with Gasteiger partial charge in [-0.3, -0.25) is 4.68 Å². The molecule has 0 aliphatic heterocycles. The maximum atomic E-state index is 13.5. The molecule has 0 aliphatic carbocycles. The van der Waals surface area contributed by atoms with Crippen molar-refractivity contribution in [2.45, 2.75) is 31.1 Å². The predicted molar refractivity (Wildman–Crippen MR) is 116 cm³/mol. The van der Waals surface area contributed by atoms with Crippen molar-refractivity contribution in [1.82, 2.24) is 14.1 Å². The standard InChI is InChI=1S/C22H27N3O5S/c1-16(26)21-13-22(23-24(21)2)31(27,28)25(14-17-5-9-19(29-3)10-6-17)15-18-7-11-20(30-4)12-8-18/h5-13,16,26H,14-15H2,1-4H3. The van der Waals surface area contributed by atoms with Crippen molar-refractivity contribution in [2.75, 3.05) is 14.2 Å². The van der Waals surface area contributed by atoms with Crippen molar-refractivity contribution in [2.24, 2.45) is 7.05 Å². The van der Waals surface area contributed by atoms with E-state index < -0.39 is 16.1 Å². The third-order valence-corrected chi connectivity index (χ3v) is 6.63. The summed E-state index contributed by atoms with van der Waals surface area (Å²) < 4.78 is 40.1. The van der Waals surface area contributed by atoms with Gasteiger partial charge in [0.15, 0.2) is 5.03 Å². The van der Waals surface area contributed by atoms with Crippen LogP contribution in [0.5, 0.6) is 11.5 Å². The summed E-state index contributed by atoms with van der Waals surface area (Å²) in [4.78, 5) is 0. The van der Waals surface area contributed by atoms with Crippen LogP contribution in [0.1, 0.15) is 29.8 Å². The first-order valence-corrected chi connectivity index (χ1v) is 11.2. The van der Waals surface area contributed by atoms with E-state index in [1.165, 1.54) is 15.1 Å². The average Bonchev–Trinajstić information content (AvgIpc) is 3.17. The highest BCUT2D eigenvalue weighted by atomic mass is 32.2. The van der Waals surface area contributed by atoms with E-state index in [1.807, 2.05) is 24.3 Å². The maximum Gasteiger partial charge on any atom is 0.263 e. The Kier molecular flexibility index (Phi) is 6.99. The molecule has 1 aromatic heterocycles. The van der Waals surface area contributed by atoms with Crippen molar-refractivity contribution in [3.63, 3.8) is 0 Å². The van der Waals surface area contributed by atoms with Crippen LogP contribution in [0.4, 0.5) is 0 Å². The fraction of sp³-hybridized carbons (Fsp3) is 0.318. The van der Waals surface area contributed by atoms with Crippen LogP contribution in [0.3, 0.4) is 0 Å². The maximum absolute atomic E-state index is 13.5. The monoisotopic (exact) mass is 445 g/mol. The van der Waals surface area contributed by atoms with E-state index >= 15 is 0 Å². The molecule has 0 saturated heterocycles. The topological polar surface area (TPSA) is 93.9 Å². The number of sulfonamides is 1. The van der Waals surface area contributed by atoms with Gasteiger partial charge in [0.1, 0.15) is 11.5 Å². The number of rotatable bonds is 9. The number of ether oxygens (including phenoxy) is 2. The molecule has 2 aromatic carbocycles. The molecule has 9 heteroatoms. The fourth-order valence-electron chi connectivity index (χ4n) is 3.20. The first-order chi connectivity index (χ1) is 14.7. The lowest BCUT2D eigenvalue weighted by Gasteiger charge is -2.21. The third kappa shape index (κ3) is 5.25. The predicted octanol–water partition coefficient (Wildman–Crippen LogP) is 2.88. The van der Waals surface area contributed by atoms with Gasteiger partial charge in [-0.15, -0.1) is 0 Å². The van der Waals surface area contributed by atoms with Crippen LogP contribution < -0.4 is 9.47 Å². The fourth-order valence-corrected chi connectivity index (χ4v) is 4.60.